The summed E-state index contributed by atoms with van der Waals surface area (Å²) in [5.74, 6) is 0. The number of nitrogens with one attached hydrogen (secondary N) is 1. The molecule has 0 bridgehead atoms. The first-order valence-corrected chi connectivity index (χ1v) is 6.80. The molecule has 2 rings (SSSR count). The Balaban J connectivity index is 2.30. The van der Waals surface area contributed by atoms with Crippen molar-refractivity contribution in [1.29, 1.82) is 0 Å². The molecule has 1 aromatic heterocycles. The van der Waals surface area contributed by atoms with Crippen molar-refractivity contribution in [1.82, 2.24) is 9.78 Å². The molecule has 0 aliphatic carbocycles. The van der Waals surface area contributed by atoms with Crippen molar-refractivity contribution in [2.24, 2.45) is 12.8 Å². The normalized spacial score (nSPS) is 11.4. The van der Waals surface area contributed by atoms with Gasteiger partial charge in [0.05, 0.1) is 16.8 Å². The molecular formula is C11H14N4O2S. The molecule has 0 aliphatic rings. The van der Waals surface area contributed by atoms with Gasteiger partial charge >= 0.3 is 0 Å². The van der Waals surface area contributed by atoms with Gasteiger partial charge in [0.15, 0.2) is 0 Å². The second kappa shape index (κ2) is 4.79. The van der Waals surface area contributed by atoms with Gasteiger partial charge in [0.1, 0.15) is 0 Å². The Hall–Kier alpha value is -1.86. The molecule has 0 saturated heterocycles. The predicted octanol–water partition coefficient (Wildman–Crippen LogP) is 0.680. The van der Waals surface area contributed by atoms with E-state index in [9.17, 15) is 8.42 Å². The van der Waals surface area contributed by atoms with Gasteiger partial charge in [0.25, 0.3) is 10.0 Å². The number of hydrogen-bond acceptors (Lipinski definition) is 4. The Morgan fingerprint density at radius 1 is 1.44 bits per heavy atom. The van der Waals surface area contributed by atoms with Crippen LogP contribution < -0.4 is 10.5 Å². The number of nitrogens with zero attached hydrogens (tertiary/aromatic N) is 2. The van der Waals surface area contributed by atoms with Crippen molar-refractivity contribution in [3.05, 3.63) is 42.2 Å². The summed E-state index contributed by atoms with van der Waals surface area (Å²) in [6.07, 6.45) is 3.04. The molecule has 1 heterocycles. The zero-order valence-corrected chi connectivity index (χ0v) is 10.7. The highest BCUT2D eigenvalue weighted by molar-refractivity contribution is 7.92. The lowest BCUT2D eigenvalue weighted by Crippen LogP contribution is -2.13. The van der Waals surface area contributed by atoms with Crippen LogP contribution in [0.3, 0.4) is 0 Å². The van der Waals surface area contributed by atoms with Crippen LogP contribution in [0.1, 0.15) is 5.56 Å². The standard InChI is InChI=1S/C11H14N4O2S/c1-15-8-10(7-13-15)14-18(16,17)11-4-2-3-9(5-11)6-12/h2-5,7-8,14H,6,12H2,1H3. The molecule has 7 heteroatoms. The van der Waals surface area contributed by atoms with E-state index in [1.807, 2.05) is 0 Å². The van der Waals surface area contributed by atoms with Gasteiger partial charge in [-0.1, -0.05) is 12.1 Å². The van der Waals surface area contributed by atoms with E-state index in [1.165, 1.54) is 16.9 Å². The number of aromatic nitrogens is 2. The van der Waals surface area contributed by atoms with E-state index in [0.29, 0.717) is 12.2 Å². The molecule has 0 spiro atoms. The minimum Gasteiger partial charge on any atom is -0.326 e. The number of nitrogens with two attached hydrogens (primary N) is 1. The maximum atomic E-state index is 12.1. The van der Waals surface area contributed by atoms with Gasteiger partial charge in [-0.25, -0.2) is 8.42 Å². The molecule has 3 N–H and O–H groups in total. The van der Waals surface area contributed by atoms with Gasteiger partial charge in [-0.15, -0.1) is 0 Å². The highest BCUT2D eigenvalue weighted by atomic mass is 32.2. The highest BCUT2D eigenvalue weighted by Crippen LogP contribution is 2.16. The zero-order valence-electron chi connectivity index (χ0n) is 9.87. The molecule has 0 aliphatic heterocycles. The number of anilines is 1. The van der Waals surface area contributed by atoms with Gasteiger partial charge < -0.3 is 5.73 Å². The summed E-state index contributed by atoms with van der Waals surface area (Å²) in [5, 5.41) is 3.90. The van der Waals surface area contributed by atoms with Gasteiger partial charge in [-0.05, 0) is 17.7 Å². The predicted molar refractivity (Wildman–Crippen MR) is 68.3 cm³/mol. The maximum Gasteiger partial charge on any atom is 0.262 e. The summed E-state index contributed by atoms with van der Waals surface area (Å²) >= 11 is 0. The van der Waals surface area contributed by atoms with E-state index in [4.69, 9.17) is 5.73 Å². The number of benzene rings is 1. The van der Waals surface area contributed by atoms with Gasteiger partial charge in [0.2, 0.25) is 0 Å². The first-order chi connectivity index (χ1) is 8.51. The van der Waals surface area contributed by atoms with E-state index in [2.05, 4.69) is 9.82 Å². The molecule has 2 aromatic rings. The van der Waals surface area contributed by atoms with E-state index < -0.39 is 10.0 Å². The Kier molecular flexibility index (Phi) is 3.35. The molecule has 0 fully saturated rings. The number of rotatable bonds is 4. The molecule has 0 amide bonds. The molecule has 0 atom stereocenters. The SMILES string of the molecule is Cn1cc(NS(=O)(=O)c2cccc(CN)c2)cn1. The summed E-state index contributed by atoms with van der Waals surface area (Å²) in [6, 6.07) is 6.53. The van der Waals surface area contributed by atoms with Crippen LogP contribution in [0.25, 0.3) is 0 Å². The van der Waals surface area contributed by atoms with Gasteiger partial charge in [-0.3, -0.25) is 9.40 Å². The fourth-order valence-electron chi connectivity index (χ4n) is 1.53. The molecule has 18 heavy (non-hydrogen) atoms. The first-order valence-electron chi connectivity index (χ1n) is 5.32. The average molecular weight is 266 g/mol. The first kappa shape index (κ1) is 12.6. The number of aryl methyl sites for hydroxylation is 1. The second-order valence-corrected chi connectivity index (χ2v) is 5.54. The van der Waals surface area contributed by atoms with Gasteiger partial charge in [-0.2, -0.15) is 5.10 Å². The van der Waals surface area contributed by atoms with Crippen molar-refractivity contribution in [2.75, 3.05) is 4.72 Å². The fraction of sp³-hybridized carbons (Fsp3) is 0.182. The molecule has 1 aromatic carbocycles. The number of hydrogen-bond donors (Lipinski definition) is 2. The monoisotopic (exact) mass is 266 g/mol. The Bertz CT molecular complexity index is 649. The van der Waals surface area contributed by atoms with Crippen LogP contribution in [0.5, 0.6) is 0 Å². The molecule has 6 nitrogen and oxygen atoms in total. The summed E-state index contributed by atoms with van der Waals surface area (Å²) in [4.78, 5) is 0.189. The molecule has 0 radical (unpaired) electrons. The summed E-state index contributed by atoms with van der Waals surface area (Å²) in [5.41, 5.74) is 6.68. The fourth-order valence-corrected chi connectivity index (χ4v) is 2.63. The van der Waals surface area contributed by atoms with Crippen LogP contribution in [0.4, 0.5) is 5.69 Å². The molecule has 96 valence electrons. The third kappa shape index (κ3) is 2.69. The van der Waals surface area contributed by atoms with Crippen LogP contribution in [-0.4, -0.2) is 18.2 Å². The van der Waals surface area contributed by atoms with Crippen LogP contribution in [0.2, 0.25) is 0 Å². The van der Waals surface area contributed by atoms with Crippen molar-refractivity contribution in [3.63, 3.8) is 0 Å². The third-order valence-corrected chi connectivity index (χ3v) is 3.78. The van der Waals surface area contributed by atoms with Crippen LogP contribution in [0, 0.1) is 0 Å². The Labute approximate surface area is 105 Å². The molecule has 0 saturated carbocycles. The van der Waals surface area contributed by atoms with Crippen molar-refractivity contribution in [2.45, 2.75) is 11.4 Å². The smallest absolute Gasteiger partial charge is 0.262 e. The largest absolute Gasteiger partial charge is 0.326 e. The van der Waals surface area contributed by atoms with E-state index >= 15 is 0 Å². The van der Waals surface area contributed by atoms with Crippen molar-refractivity contribution >= 4 is 15.7 Å². The van der Waals surface area contributed by atoms with Crippen LogP contribution >= 0.6 is 0 Å². The average Bonchev–Trinajstić information content (AvgIpc) is 2.74. The second-order valence-electron chi connectivity index (χ2n) is 3.86. The molecule has 0 unspecified atom stereocenters. The Morgan fingerprint density at radius 2 is 2.22 bits per heavy atom. The highest BCUT2D eigenvalue weighted by Gasteiger charge is 2.15. The Morgan fingerprint density at radius 3 is 2.83 bits per heavy atom. The lowest BCUT2D eigenvalue weighted by molar-refractivity contribution is 0.601. The van der Waals surface area contributed by atoms with Crippen LogP contribution in [0.15, 0.2) is 41.6 Å². The molecular weight excluding hydrogens is 252 g/mol. The minimum atomic E-state index is -3.59. The lowest BCUT2D eigenvalue weighted by atomic mass is 10.2. The van der Waals surface area contributed by atoms with E-state index in [-0.39, 0.29) is 4.90 Å². The third-order valence-electron chi connectivity index (χ3n) is 2.40. The minimum absolute atomic E-state index is 0.189. The topological polar surface area (TPSA) is 90.0 Å². The van der Waals surface area contributed by atoms with Gasteiger partial charge in [0, 0.05) is 19.8 Å². The van der Waals surface area contributed by atoms with E-state index in [0.717, 1.165) is 5.56 Å². The lowest BCUT2D eigenvalue weighted by Gasteiger charge is -2.06. The van der Waals surface area contributed by atoms with Crippen LogP contribution in [-0.2, 0) is 23.6 Å². The van der Waals surface area contributed by atoms with Crippen molar-refractivity contribution < 1.29 is 8.42 Å². The van der Waals surface area contributed by atoms with Crippen molar-refractivity contribution in [3.8, 4) is 0 Å². The summed E-state index contributed by atoms with van der Waals surface area (Å²) in [6.45, 7) is 0.302. The van der Waals surface area contributed by atoms with E-state index in [1.54, 1.807) is 31.4 Å². The quantitative estimate of drug-likeness (QED) is 0.851. The number of sulfonamides is 1. The maximum absolute atomic E-state index is 12.1. The summed E-state index contributed by atoms with van der Waals surface area (Å²) in [7, 11) is -1.88. The zero-order chi connectivity index (χ0) is 13.2. The summed E-state index contributed by atoms with van der Waals surface area (Å²) < 4.78 is 28.2.